The van der Waals surface area contributed by atoms with Crippen LogP contribution in [0.15, 0.2) is 23.8 Å². The van der Waals surface area contributed by atoms with Gasteiger partial charge in [0.25, 0.3) is 5.91 Å². The van der Waals surface area contributed by atoms with Gasteiger partial charge in [0.05, 0.1) is 19.3 Å². The van der Waals surface area contributed by atoms with Crippen LogP contribution >= 0.6 is 0 Å². The van der Waals surface area contributed by atoms with Crippen LogP contribution in [-0.2, 0) is 66.7 Å². The number of ether oxygens (including phenoxy) is 8. The lowest BCUT2D eigenvalue weighted by Crippen LogP contribution is -2.63. The van der Waals surface area contributed by atoms with Crippen LogP contribution in [0.2, 0.25) is 0 Å². The van der Waals surface area contributed by atoms with Crippen LogP contribution < -0.4 is 5.32 Å². The highest BCUT2D eigenvalue weighted by Crippen LogP contribution is 2.47. The van der Waals surface area contributed by atoms with Crippen molar-refractivity contribution in [1.29, 1.82) is 0 Å². The topological polar surface area (TPSA) is 188 Å². The van der Waals surface area contributed by atoms with E-state index in [9.17, 15) is 28.8 Å². The molecule has 2 aliphatic carbocycles. The highest BCUT2D eigenvalue weighted by molar-refractivity contribution is 5.83. The van der Waals surface area contributed by atoms with Crippen LogP contribution in [0.25, 0.3) is 0 Å². The molecule has 0 aromatic carbocycles. The molecule has 0 bridgehead atoms. The quantitative estimate of drug-likeness (QED) is 0.0262. The van der Waals surface area contributed by atoms with Gasteiger partial charge < -0.3 is 43.2 Å². The summed E-state index contributed by atoms with van der Waals surface area (Å²) >= 11 is 0. The van der Waals surface area contributed by atoms with Crippen LogP contribution in [0, 0.1) is 23.7 Å². The first-order valence-electron chi connectivity index (χ1n) is 32.8. The third-order valence-electron chi connectivity index (χ3n) is 16.6. The Hall–Kier alpha value is -3.82. The molecule has 3 aliphatic rings. The number of esters is 5. The SMILES string of the molecule is CCCCCCCCCC[C@@H]1C[C@@H]1CCCC/C=C\CC[C@@H](OC(C)=O)C(=O)N[C@@H](CO[C@@H]1O[C@H](COC(C)=O)[C@H](OC(C)=O)[C@H](OC(C)=O)[C@H]1OCC=C(C)C)[C@@H](CCCCCCC[C@H]1C[C@H]1CCCCCCCCCC)OC(C)=O. The van der Waals surface area contributed by atoms with Crippen molar-refractivity contribution in [2.75, 3.05) is 19.8 Å². The van der Waals surface area contributed by atoms with Crippen molar-refractivity contribution in [2.45, 2.75) is 323 Å². The van der Waals surface area contributed by atoms with Crippen molar-refractivity contribution < 1.29 is 66.7 Å². The summed E-state index contributed by atoms with van der Waals surface area (Å²) in [5.41, 5.74) is 0.939. The number of amides is 1. The van der Waals surface area contributed by atoms with E-state index in [0.717, 1.165) is 61.3 Å². The third-order valence-corrected chi connectivity index (χ3v) is 16.6. The van der Waals surface area contributed by atoms with Crippen LogP contribution in [0.1, 0.15) is 274 Å². The second kappa shape index (κ2) is 43.8. The summed E-state index contributed by atoms with van der Waals surface area (Å²) in [5, 5.41) is 3.03. The van der Waals surface area contributed by atoms with Crippen molar-refractivity contribution in [3.63, 3.8) is 0 Å². The number of unbranched alkanes of at least 4 members (excludes halogenated alkanes) is 20. The lowest BCUT2D eigenvalue weighted by Gasteiger charge is -2.44. The maximum Gasteiger partial charge on any atom is 0.303 e. The Bertz CT molecular complexity index is 1850. The van der Waals surface area contributed by atoms with Gasteiger partial charge in [-0.2, -0.15) is 0 Å². The van der Waals surface area contributed by atoms with E-state index in [0.29, 0.717) is 19.3 Å². The molecule has 12 atom stereocenters. The highest BCUT2D eigenvalue weighted by Gasteiger charge is 2.52. The number of hydrogen-bond acceptors (Lipinski definition) is 14. The van der Waals surface area contributed by atoms with E-state index in [2.05, 4.69) is 25.2 Å². The van der Waals surface area contributed by atoms with Gasteiger partial charge in [-0.05, 0) is 88.9 Å². The molecular weight excluding hydrogens is 1040 g/mol. The molecule has 0 spiro atoms. The molecule has 1 amide bonds. The zero-order valence-corrected chi connectivity index (χ0v) is 52.8. The Balaban J connectivity index is 1.70. The molecule has 1 heterocycles. The first kappa shape index (κ1) is 72.4. The van der Waals surface area contributed by atoms with E-state index in [1.165, 1.54) is 189 Å². The summed E-state index contributed by atoms with van der Waals surface area (Å²) < 4.78 is 47.7. The number of rotatable bonds is 49. The van der Waals surface area contributed by atoms with Crippen molar-refractivity contribution in [3.05, 3.63) is 23.8 Å². The zero-order valence-electron chi connectivity index (χ0n) is 52.8. The second-order valence-corrected chi connectivity index (χ2v) is 24.5. The van der Waals surface area contributed by atoms with Gasteiger partial charge in [-0.3, -0.25) is 28.8 Å². The summed E-state index contributed by atoms with van der Waals surface area (Å²) in [6.07, 6.45) is 36.8. The molecule has 1 saturated heterocycles. The van der Waals surface area contributed by atoms with E-state index in [4.69, 9.17) is 37.9 Å². The molecule has 3 rings (SSSR count). The number of allylic oxidation sites excluding steroid dienone is 3. The summed E-state index contributed by atoms with van der Waals surface area (Å²) in [6, 6.07) is -0.989. The van der Waals surface area contributed by atoms with Gasteiger partial charge in [-0.25, -0.2) is 0 Å². The number of carbonyl (C=O) groups excluding carboxylic acids is 6. The van der Waals surface area contributed by atoms with Crippen molar-refractivity contribution in [2.24, 2.45) is 23.7 Å². The van der Waals surface area contributed by atoms with Gasteiger partial charge in [-0.15, -0.1) is 0 Å². The number of hydrogen-bond donors (Lipinski definition) is 1. The third kappa shape index (κ3) is 33.6. The van der Waals surface area contributed by atoms with Crippen molar-refractivity contribution in [1.82, 2.24) is 5.32 Å². The molecule has 0 unspecified atom stereocenters. The predicted molar refractivity (Wildman–Crippen MR) is 321 cm³/mol. The van der Waals surface area contributed by atoms with E-state index in [-0.39, 0.29) is 26.2 Å². The number of nitrogens with one attached hydrogen (secondary N) is 1. The largest absolute Gasteiger partial charge is 0.463 e. The standard InChI is InChI=1S/C67H115NO14/c1-10-12-14-16-18-20-25-31-37-55-45-57(55)39-33-27-22-23-29-36-42-61(79-52(7)71)66(74)68-59(60(78-51(6)70)41-35-30-24-28-34-40-58-46-56(58)38-32-26-21-19-17-15-13-11-2)47-77-67-65(75-44-43-49(3)4)64(81-54(9)73)63(80-53(8)72)62(82-67)48-76-50(5)69/h23,29,43,55-65,67H,10-22,24-28,30-42,44-48H2,1-9H3,(H,68,74)/b29-23-/t55-,56-,57+,58+,59+,60-,61-,62-,63+,64+,65-,67-/m1/s1. The Labute approximate surface area is 496 Å². The monoisotopic (exact) mass is 1160 g/mol. The van der Waals surface area contributed by atoms with E-state index in [1.54, 1.807) is 0 Å². The van der Waals surface area contributed by atoms with E-state index in [1.807, 2.05) is 26.0 Å². The van der Waals surface area contributed by atoms with Crippen LogP contribution in [0.4, 0.5) is 0 Å². The van der Waals surface area contributed by atoms with Gasteiger partial charge in [0.1, 0.15) is 24.9 Å². The summed E-state index contributed by atoms with van der Waals surface area (Å²) in [4.78, 5) is 77.1. The maximum absolute atomic E-state index is 14.4. The van der Waals surface area contributed by atoms with Gasteiger partial charge in [-0.1, -0.05) is 198 Å². The fourth-order valence-electron chi connectivity index (χ4n) is 11.8. The van der Waals surface area contributed by atoms with Gasteiger partial charge >= 0.3 is 29.8 Å². The summed E-state index contributed by atoms with van der Waals surface area (Å²) in [7, 11) is 0. The van der Waals surface area contributed by atoms with Crippen LogP contribution in [0.5, 0.6) is 0 Å². The maximum atomic E-state index is 14.4. The normalized spacial score (nSPS) is 23.1. The summed E-state index contributed by atoms with van der Waals surface area (Å²) in [5.74, 6) is -0.216. The van der Waals surface area contributed by atoms with E-state index >= 15 is 0 Å². The highest BCUT2D eigenvalue weighted by atomic mass is 16.7. The number of carbonyl (C=O) groups is 6. The lowest BCUT2D eigenvalue weighted by molar-refractivity contribution is -0.313. The Morgan fingerprint density at radius 2 is 0.976 bits per heavy atom. The minimum absolute atomic E-state index is 0.0327. The second-order valence-electron chi connectivity index (χ2n) is 24.5. The van der Waals surface area contributed by atoms with Crippen LogP contribution in [-0.4, -0.2) is 105 Å². The molecule has 0 radical (unpaired) electrons. The van der Waals surface area contributed by atoms with Gasteiger partial charge in [0, 0.05) is 34.6 Å². The fourth-order valence-corrected chi connectivity index (χ4v) is 11.8. The molecule has 15 heteroatoms. The molecule has 0 aromatic heterocycles. The van der Waals surface area contributed by atoms with E-state index < -0.39 is 84.7 Å². The Kier molecular flexibility index (Phi) is 38.7. The first-order chi connectivity index (χ1) is 39.5. The Morgan fingerprint density at radius 1 is 0.500 bits per heavy atom. The molecule has 0 aromatic rings. The summed E-state index contributed by atoms with van der Waals surface area (Å²) in [6.45, 7) is 13.9. The van der Waals surface area contributed by atoms with Crippen LogP contribution in [0.3, 0.4) is 0 Å². The molecule has 3 fully saturated rings. The smallest absolute Gasteiger partial charge is 0.303 e. The predicted octanol–water partition coefficient (Wildman–Crippen LogP) is 14.8. The van der Waals surface area contributed by atoms with Gasteiger partial charge in [0.2, 0.25) is 0 Å². The van der Waals surface area contributed by atoms with Crippen molar-refractivity contribution >= 4 is 35.8 Å². The average Bonchev–Trinajstić information content (AvgIpc) is 3.86. The fraction of sp³-hybridized carbons (Fsp3) is 0.851. The van der Waals surface area contributed by atoms with Crippen molar-refractivity contribution in [3.8, 4) is 0 Å². The molecule has 82 heavy (non-hydrogen) atoms. The molecule has 1 aliphatic heterocycles. The Morgan fingerprint density at radius 3 is 1.46 bits per heavy atom. The minimum atomic E-state index is -1.36. The average molecular weight is 1160 g/mol. The van der Waals surface area contributed by atoms with Gasteiger partial charge in [0.15, 0.2) is 24.6 Å². The zero-order chi connectivity index (χ0) is 59.9. The molecule has 1 N–H and O–H groups in total. The minimum Gasteiger partial charge on any atom is -0.463 e. The molecular formula is C67H115NO14. The molecule has 2 saturated carbocycles. The first-order valence-corrected chi connectivity index (χ1v) is 32.8. The molecule has 15 nitrogen and oxygen atoms in total. The lowest BCUT2D eigenvalue weighted by atomic mass is 9.98. The molecule has 472 valence electrons.